The Labute approximate surface area is 137 Å². The third kappa shape index (κ3) is 9.12. The largest absolute Gasteiger partial charge is 0.403 e. The van der Waals surface area contributed by atoms with Gasteiger partial charge in [0.1, 0.15) is 6.04 Å². The van der Waals surface area contributed by atoms with Crippen LogP contribution in [-0.2, 0) is 6.42 Å². The standard InChI is InChI=1S/C16H22F6N2/c1-24(12-15(17,18)19)11-5-10-23-14(16(20,21)22)9-8-13-6-3-2-4-7-13/h2-4,6-7,14,23H,5,8-12H2,1H3. The summed E-state index contributed by atoms with van der Waals surface area (Å²) < 4.78 is 75.5. The zero-order chi connectivity index (χ0) is 18.2. The number of rotatable bonds is 9. The van der Waals surface area contributed by atoms with Crippen molar-refractivity contribution in [2.75, 3.05) is 26.7 Å². The van der Waals surface area contributed by atoms with Crippen LogP contribution in [-0.4, -0.2) is 50.0 Å². The van der Waals surface area contributed by atoms with E-state index in [1.165, 1.54) is 7.05 Å². The molecule has 0 saturated heterocycles. The van der Waals surface area contributed by atoms with Gasteiger partial charge in [-0.15, -0.1) is 0 Å². The minimum Gasteiger partial charge on any atom is -0.306 e. The van der Waals surface area contributed by atoms with Gasteiger partial charge in [0.2, 0.25) is 0 Å². The fourth-order valence-electron chi connectivity index (χ4n) is 2.35. The Kier molecular flexibility index (Phi) is 8.02. The van der Waals surface area contributed by atoms with Crippen LogP contribution in [0.15, 0.2) is 30.3 Å². The fourth-order valence-corrected chi connectivity index (χ4v) is 2.35. The lowest BCUT2D eigenvalue weighted by molar-refractivity contribution is -0.157. The summed E-state index contributed by atoms with van der Waals surface area (Å²) in [5, 5.41) is 2.42. The van der Waals surface area contributed by atoms with Crippen LogP contribution in [0.4, 0.5) is 26.3 Å². The zero-order valence-corrected chi connectivity index (χ0v) is 13.4. The molecule has 2 nitrogen and oxygen atoms in total. The van der Waals surface area contributed by atoms with E-state index in [9.17, 15) is 26.3 Å². The second kappa shape index (κ2) is 9.27. The Morgan fingerprint density at radius 1 is 1.04 bits per heavy atom. The minimum atomic E-state index is -4.38. The monoisotopic (exact) mass is 356 g/mol. The molecule has 0 fully saturated rings. The average molecular weight is 356 g/mol. The molecule has 0 heterocycles. The molecule has 24 heavy (non-hydrogen) atoms. The van der Waals surface area contributed by atoms with Crippen LogP contribution in [0.1, 0.15) is 18.4 Å². The third-order valence-electron chi connectivity index (χ3n) is 3.52. The highest BCUT2D eigenvalue weighted by molar-refractivity contribution is 5.14. The maximum absolute atomic E-state index is 13.0. The predicted octanol–water partition coefficient (Wildman–Crippen LogP) is 4.02. The number of benzene rings is 1. The van der Waals surface area contributed by atoms with Crippen molar-refractivity contribution in [1.29, 1.82) is 0 Å². The first-order valence-electron chi connectivity index (χ1n) is 7.67. The quantitative estimate of drug-likeness (QED) is 0.531. The topological polar surface area (TPSA) is 15.3 Å². The first kappa shape index (κ1) is 20.8. The summed E-state index contributed by atoms with van der Waals surface area (Å²) in [6.45, 7) is -0.972. The summed E-state index contributed by atoms with van der Waals surface area (Å²) in [6.07, 6.45) is -8.29. The Morgan fingerprint density at radius 3 is 2.21 bits per heavy atom. The van der Waals surface area contributed by atoms with Crippen LogP contribution in [0.2, 0.25) is 0 Å². The first-order valence-corrected chi connectivity index (χ1v) is 7.67. The Bertz CT molecular complexity index is 458. The molecule has 1 unspecified atom stereocenters. The van der Waals surface area contributed by atoms with Crippen molar-refractivity contribution in [3.63, 3.8) is 0 Å². The summed E-state index contributed by atoms with van der Waals surface area (Å²) in [7, 11) is 1.30. The van der Waals surface area contributed by atoms with Gasteiger partial charge in [0, 0.05) is 0 Å². The van der Waals surface area contributed by atoms with Crippen LogP contribution >= 0.6 is 0 Å². The van der Waals surface area contributed by atoms with Crippen molar-refractivity contribution >= 4 is 0 Å². The van der Waals surface area contributed by atoms with Crippen molar-refractivity contribution in [2.24, 2.45) is 0 Å². The second-order valence-electron chi connectivity index (χ2n) is 5.78. The molecule has 1 rings (SSSR count). The van der Waals surface area contributed by atoms with E-state index in [2.05, 4.69) is 5.32 Å². The van der Waals surface area contributed by atoms with E-state index in [1.807, 2.05) is 0 Å². The number of nitrogens with zero attached hydrogens (tertiary/aromatic N) is 1. The average Bonchev–Trinajstić information content (AvgIpc) is 2.44. The summed E-state index contributed by atoms with van der Waals surface area (Å²) in [5.41, 5.74) is 0.818. The highest BCUT2D eigenvalue weighted by Gasteiger charge is 2.38. The summed E-state index contributed by atoms with van der Waals surface area (Å²) in [4.78, 5) is 1.05. The molecule has 0 amide bonds. The number of nitrogens with one attached hydrogen (secondary N) is 1. The molecule has 1 atom stereocenters. The van der Waals surface area contributed by atoms with E-state index in [-0.39, 0.29) is 32.4 Å². The molecule has 1 N–H and O–H groups in total. The molecular formula is C16H22F6N2. The normalized spacial score (nSPS) is 14.2. The van der Waals surface area contributed by atoms with Crippen LogP contribution < -0.4 is 5.32 Å². The molecular weight excluding hydrogens is 334 g/mol. The van der Waals surface area contributed by atoms with Crippen molar-refractivity contribution in [3.8, 4) is 0 Å². The number of hydrogen-bond donors (Lipinski definition) is 1. The van der Waals surface area contributed by atoms with E-state index in [1.54, 1.807) is 30.3 Å². The van der Waals surface area contributed by atoms with Crippen LogP contribution in [0.25, 0.3) is 0 Å². The van der Waals surface area contributed by atoms with Gasteiger partial charge in [0.15, 0.2) is 0 Å². The van der Waals surface area contributed by atoms with E-state index in [4.69, 9.17) is 0 Å². The molecule has 0 radical (unpaired) electrons. The molecule has 0 saturated carbocycles. The van der Waals surface area contributed by atoms with Crippen molar-refractivity contribution in [2.45, 2.75) is 37.7 Å². The van der Waals surface area contributed by atoms with Gasteiger partial charge in [0.25, 0.3) is 0 Å². The highest BCUT2D eigenvalue weighted by atomic mass is 19.4. The van der Waals surface area contributed by atoms with E-state index < -0.39 is 24.9 Å². The Hall–Kier alpha value is -1.28. The number of aryl methyl sites for hydroxylation is 1. The molecule has 0 spiro atoms. The number of hydrogen-bond acceptors (Lipinski definition) is 2. The van der Waals surface area contributed by atoms with Gasteiger partial charge in [-0.05, 0) is 45.0 Å². The smallest absolute Gasteiger partial charge is 0.306 e. The van der Waals surface area contributed by atoms with Gasteiger partial charge in [0.05, 0.1) is 6.54 Å². The Balaban J connectivity index is 2.36. The van der Waals surface area contributed by atoms with Gasteiger partial charge >= 0.3 is 12.4 Å². The summed E-state index contributed by atoms with van der Waals surface area (Å²) in [6, 6.07) is 7.19. The van der Waals surface area contributed by atoms with Crippen LogP contribution in [0.5, 0.6) is 0 Å². The summed E-state index contributed by atoms with van der Waals surface area (Å²) in [5.74, 6) is 0. The van der Waals surface area contributed by atoms with E-state index in [0.29, 0.717) is 0 Å². The lowest BCUT2D eigenvalue weighted by Crippen LogP contribution is -2.43. The van der Waals surface area contributed by atoms with Crippen molar-refractivity contribution in [3.05, 3.63) is 35.9 Å². The van der Waals surface area contributed by atoms with Crippen molar-refractivity contribution in [1.82, 2.24) is 10.2 Å². The maximum atomic E-state index is 13.0. The van der Waals surface area contributed by atoms with Gasteiger partial charge in [-0.25, -0.2) is 0 Å². The SMILES string of the molecule is CN(CCCNC(CCc1ccccc1)C(F)(F)F)CC(F)(F)F. The van der Waals surface area contributed by atoms with Gasteiger partial charge in [-0.3, -0.25) is 4.90 Å². The molecule has 1 aromatic rings. The Morgan fingerprint density at radius 2 is 1.67 bits per heavy atom. The van der Waals surface area contributed by atoms with E-state index in [0.717, 1.165) is 10.5 Å². The van der Waals surface area contributed by atoms with Crippen LogP contribution in [0, 0.1) is 0 Å². The van der Waals surface area contributed by atoms with Gasteiger partial charge in [-0.2, -0.15) is 26.3 Å². The molecule has 0 aliphatic heterocycles. The lowest BCUT2D eigenvalue weighted by Gasteiger charge is -2.23. The third-order valence-corrected chi connectivity index (χ3v) is 3.52. The second-order valence-corrected chi connectivity index (χ2v) is 5.78. The molecule has 138 valence electrons. The molecule has 0 aliphatic carbocycles. The summed E-state index contributed by atoms with van der Waals surface area (Å²) >= 11 is 0. The zero-order valence-electron chi connectivity index (χ0n) is 13.4. The maximum Gasteiger partial charge on any atom is 0.403 e. The molecule has 0 aliphatic rings. The number of alkyl halides is 6. The highest BCUT2D eigenvalue weighted by Crippen LogP contribution is 2.24. The van der Waals surface area contributed by atoms with Crippen molar-refractivity contribution < 1.29 is 26.3 Å². The molecule has 0 bridgehead atoms. The van der Waals surface area contributed by atoms with Crippen LogP contribution in [0.3, 0.4) is 0 Å². The minimum absolute atomic E-state index is 0.0150. The van der Waals surface area contributed by atoms with Gasteiger partial charge in [-0.1, -0.05) is 30.3 Å². The number of halogens is 6. The lowest BCUT2D eigenvalue weighted by atomic mass is 10.0. The van der Waals surface area contributed by atoms with Gasteiger partial charge < -0.3 is 5.32 Å². The van der Waals surface area contributed by atoms with E-state index >= 15 is 0 Å². The molecule has 1 aromatic carbocycles. The first-order chi connectivity index (χ1) is 11.1. The molecule has 0 aromatic heterocycles. The fraction of sp³-hybridized carbons (Fsp3) is 0.625. The molecule has 8 heteroatoms. The predicted molar refractivity (Wildman–Crippen MR) is 80.8 cm³/mol.